The van der Waals surface area contributed by atoms with Gasteiger partial charge in [-0.1, -0.05) is 11.8 Å². The van der Waals surface area contributed by atoms with Crippen LogP contribution in [0.15, 0.2) is 21.9 Å². The number of aliphatic carboxylic acids is 1. The molecule has 1 fully saturated rings. The standard InChI is InChI=1S/C10H10N4O3S3/c11-5-7(15)14-6(9(16)17)4(1-18-8(5)14)2-19-10-12-3-13-20-10/h3,5,8H,1-2,11H2,(H,16,17). The van der Waals surface area contributed by atoms with Crippen LogP contribution >= 0.6 is 35.1 Å². The summed E-state index contributed by atoms with van der Waals surface area (Å²) >= 11 is 4.19. The molecule has 10 heteroatoms. The van der Waals surface area contributed by atoms with E-state index < -0.39 is 12.0 Å². The first-order valence-electron chi connectivity index (χ1n) is 5.64. The molecule has 2 atom stereocenters. The Morgan fingerprint density at radius 2 is 2.45 bits per heavy atom. The van der Waals surface area contributed by atoms with Crippen molar-refractivity contribution in [2.45, 2.75) is 15.8 Å². The number of β-lactam (4-membered cyclic amide) rings is 1. The Morgan fingerprint density at radius 3 is 3.10 bits per heavy atom. The summed E-state index contributed by atoms with van der Waals surface area (Å²) < 4.78 is 4.67. The van der Waals surface area contributed by atoms with Gasteiger partial charge in [-0.2, -0.15) is 4.37 Å². The summed E-state index contributed by atoms with van der Waals surface area (Å²) in [6, 6.07) is -0.591. The Labute approximate surface area is 126 Å². The molecule has 0 aromatic carbocycles. The lowest BCUT2D eigenvalue weighted by atomic mass is 10.0. The highest BCUT2D eigenvalue weighted by Gasteiger charge is 2.51. The van der Waals surface area contributed by atoms with E-state index in [-0.39, 0.29) is 17.0 Å². The number of aromatic nitrogens is 2. The van der Waals surface area contributed by atoms with Crippen molar-refractivity contribution < 1.29 is 14.7 Å². The lowest BCUT2D eigenvalue weighted by Gasteiger charge is -2.48. The Kier molecular flexibility index (Phi) is 3.71. The van der Waals surface area contributed by atoms with Crippen molar-refractivity contribution in [2.24, 2.45) is 5.73 Å². The van der Waals surface area contributed by atoms with Crippen LogP contribution in [0.3, 0.4) is 0 Å². The molecular weight excluding hydrogens is 320 g/mol. The molecule has 0 bridgehead atoms. The maximum atomic E-state index is 11.8. The van der Waals surface area contributed by atoms with Crippen LogP contribution in [0.2, 0.25) is 0 Å². The molecule has 2 aliphatic heterocycles. The topological polar surface area (TPSA) is 109 Å². The van der Waals surface area contributed by atoms with Crippen LogP contribution in [-0.2, 0) is 9.59 Å². The zero-order valence-corrected chi connectivity index (χ0v) is 12.5. The van der Waals surface area contributed by atoms with Gasteiger partial charge in [0, 0.05) is 11.5 Å². The van der Waals surface area contributed by atoms with Crippen molar-refractivity contribution in [2.75, 3.05) is 11.5 Å². The van der Waals surface area contributed by atoms with Crippen LogP contribution in [0.4, 0.5) is 0 Å². The summed E-state index contributed by atoms with van der Waals surface area (Å²) in [7, 11) is 0. The average Bonchev–Trinajstić information content (AvgIpc) is 2.96. The third kappa shape index (κ3) is 2.22. The van der Waals surface area contributed by atoms with Gasteiger partial charge in [0.2, 0.25) is 5.91 Å². The van der Waals surface area contributed by atoms with Crippen molar-refractivity contribution in [3.05, 3.63) is 17.6 Å². The molecule has 0 radical (unpaired) electrons. The smallest absolute Gasteiger partial charge is 0.352 e. The Bertz CT molecular complexity index is 589. The number of fused-ring (bicyclic) bond motifs is 1. The molecule has 3 N–H and O–H groups in total. The minimum Gasteiger partial charge on any atom is -0.477 e. The Balaban J connectivity index is 1.82. The number of nitrogens with two attached hydrogens (primary N) is 1. The molecule has 7 nitrogen and oxygen atoms in total. The minimum atomic E-state index is -1.08. The predicted octanol–water partition coefficient (Wildman–Crippen LogP) is 0.211. The first-order chi connectivity index (χ1) is 9.59. The van der Waals surface area contributed by atoms with E-state index in [0.29, 0.717) is 11.5 Å². The van der Waals surface area contributed by atoms with Gasteiger partial charge in [0.1, 0.15) is 23.4 Å². The largest absolute Gasteiger partial charge is 0.477 e. The van der Waals surface area contributed by atoms with Gasteiger partial charge >= 0.3 is 5.97 Å². The number of carbonyl (C=O) groups is 2. The lowest BCUT2D eigenvalue weighted by molar-refractivity contribution is -0.147. The van der Waals surface area contributed by atoms with Gasteiger partial charge in [0.15, 0.2) is 4.34 Å². The molecule has 20 heavy (non-hydrogen) atoms. The van der Waals surface area contributed by atoms with E-state index in [1.807, 2.05) is 0 Å². The molecule has 0 saturated carbocycles. The van der Waals surface area contributed by atoms with Crippen molar-refractivity contribution in [1.29, 1.82) is 0 Å². The van der Waals surface area contributed by atoms with Crippen molar-refractivity contribution in [3.63, 3.8) is 0 Å². The van der Waals surface area contributed by atoms with Crippen LogP contribution in [-0.4, -0.2) is 54.2 Å². The second-order valence-electron chi connectivity index (χ2n) is 4.19. The molecule has 1 amide bonds. The highest BCUT2D eigenvalue weighted by atomic mass is 32.2. The highest BCUT2D eigenvalue weighted by Crippen LogP contribution is 2.40. The third-order valence-corrected chi connectivity index (χ3v) is 6.25. The van der Waals surface area contributed by atoms with E-state index in [1.54, 1.807) is 0 Å². The first-order valence-corrected chi connectivity index (χ1v) is 8.45. The molecule has 2 aliphatic rings. The molecule has 106 valence electrons. The summed E-state index contributed by atoms with van der Waals surface area (Å²) in [5.74, 6) is -0.355. The lowest BCUT2D eigenvalue weighted by Crippen LogP contribution is -2.68. The number of carbonyl (C=O) groups excluding carboxylic acids is 1. The van der Waals surface area contributed by atoms with E-state index >= 15 is 0 Å². The minimum absolute atomic E-state index is 0.0810. The molecule has 1 aromatic rings. The SMILES string of the molecule is NC1C(=O)N2C(C(=O)O)=C(CSc3ncns3)CSC12. The number of carboxylic acid groups (broad SMARTS) is 1. The van der Waals surface area contributed by atoms with E-state index in [4.69, 9.17) is 5.73 Å². The van der Waals surface area contributed by atoms with E-state index in [0.717, 1.165) is 9.91 Å². The van der Waals surface area contributed by atoms with Crippen molar-refractivity contribution in [3.8, 4) is 0 Å². The number of thioether (sulfide) groups is 2. The number of rotatable bonds is 4. The molecular formula is C10H10N4O3S3. The summed E-state index contributed by atoms with van der Waals surface area (Å²) in [4.78, 5) is 28.5. The predicted molar refractivity (Wildman–Crippen MR) is 76.4 cm³/mol. The van der Waals surface area contributed by atoms with Gasteiger partial charge in [-0.25, -0.2) is 9.78 Å². The molecule has 0 aliphatic carbocycles. The first kappa shape index (κ1) is 13.9. The fourth-order valence-electron chi connectivity index (χ4n) is 2.07. The van der Waals surface area contributed by atoms with Gasteiger partial charge in [-0.15, -0.1) is 11.8 Å². The van der Waals surface area contributed by atoms with Gasteiger partial charge in [-0.3, -0.25) is 9.69 Å². The van der Waals surface area contributed by atoms with Gasteiger partial charge < -0.3 is 10.8 Å². The second kappa shape index (κ2) is 5.35. The fraction of sp³-hybridized carbons (Fsp3) is 0.400. The Hall–Kier alpha value is -1.10. The normalized spacial score (nSPS) is 25.4. The number of nitrogens with zero attached hydrogens (tertiary/aromatic N) is 3. The second-order valence-corrected chi connectivity index (χ2v) is 7.30. The number of hydrogen-bond acceptors (Lipinski definition) is 8. The Morgan fingerprint density at radius 1 is 1.65 bits per heavy atom. The van der Waals surface area contributed by atoms with E-state index in [9.17, 15) is 14.7 Å². The number of carboxylic acids is 1. The monoisotopic (exact) mass is 330 g/mol. The molecule has 3 rings (SSSR count). The summed E-state index contributed by atoms with van der Waals surface area (Å²) in [6.07, 6.45) is 1.46. The van der Waals surface area contributed by atoms with Crippen LogP contribution in [0, 0.1) is 0 Å². The highest BCUT2D eigenvalue weighted by molar-refractivity contribution is 8.01. The molecule has 0 spiro atoms. The van der Waals surface area contributed by atoms with Gasteiger partial charge in [-0.05, 0) is 17.1 Å². The molecule has 1 saturated heterocycles. The fourth-order valence-corrected chi connectivity index (χ4v) is 4.94. The molecule has 2 unspecified atom stereocenters. The van der Waals surface area contributed by atoms with Crippen LogP contribution in [0.5, 0.6) is 0 Å². The maximum Gasteiger partial charge on any atom is 0.352 e. The van der Waals surface area contributed by atoms with Crippen LogP contribution in [0.1, 0.15) is 0 Å². The maximum absolute atomic E-state index is 11.8. The number of amides is 1. The average molecular weight is 330 g/mol. The van der Waals surface area contributed by atoms with Crippen LogP contribution < -0.4 is 5.73 Å². The summed E-state index contributed by atoms with van der Waals surface area (Å²) in [5, 5.41) is 9.11. The zero-order valence-electron chi connectivity index (χ0n) is 10.1. The van der Waals surface area contributed by atoms with Crippen molar-refractivity contribution >= 4 is 46.9 Å². The van der Waals surface area contributed by atoms with Crippen LogP contribution in [0.25, 0.3) is 0 Å². The van der Waals surface area contributed by atoms with Gasteiger partial charge in [0.25, 0.3) is 0 Å². The quantitative estimate of drug-likeness (QED) is 0.596. The van der Waals surface area contributed by atoms with E-state index in [1.165, 1.54) is 46.3 Å². The van der Waals surface area contributed by atoms with Gasteiger partial charge in [0.05, 0.1) is 0 Å². The zero-order chi connectivity index (χ0) is 14.3. The molecule has 1 aromatic heterocycles. The summed E-state index contributed by atoms with van der Waals surface area (Å²) in [5.41, 5.74) is 6.49. The summed E-state index contributed by atoms with van der Waals surface area (Å²) in [6.45, 7) is 0. The van der Waals surface area contributed by atoms with E-state index in [2.05, 4.69) is 9.36 Å². The molecule has 3 heterocycles. The third-order valence-electron chi connectivity index (χ3n) is 3.00. The number of hydrogen-bond donors (Lipinski definition) is 2. The van der Waals surface area contributed by atoms with Crippen molar-refractivity contribution in [1.82, 2.24) is 14.3 Å².